The molecule has 0 aliphatic carbocycles. The van der Waals surface area contributed by atoms with Crippen LogP contribution in [0.1, 0.15) is 23.3 Å². The first-order valence-corrected chi connectivity index (χ1v) is 5.69. The largest absolute Gasteiger partial charge is 0.507 e. The van der Waals surface area contributed by atoms with Crippen molar-refractivity contribution in [3.05, 3.63) is 23.3 Å². The molecule has 0 radical (unpaired) electrons. The fourth-order valence-corrected chi connectivity index (χ4v) is 2.49. The Bertz CT molecular complexity index is 486. The molecule has 0 spiro atoms. The second-order valence-corrected chi connectivity index (χ2v) is 4.66. The molecule has 0 aromatic heterocycles. The number of benzene rings is 1. The lowest BCUT2D eigenvalue weighted by molar-refractivity contribution is 0.102. The molecule has 5 nitrogen and oxygen atoms in total. The first-order chi connectivity index (χ1) is 8.25. The fraction of sp³-hybridized carbons (Fsp3) is 0.500. The summed E-state index contributed by atoms with van der Waals surface area (Å²) in [6.45, 7) is 0.993. The second-order valence-electron chi connectivity index (χ2n) is 4.66. The molecule has 90 valence electrons. The summed E-state index contributed by atoms with van der Waals surface area (Å²) in [5.74, 6) is 0.170. The highest BCUT2D eigenvalue weighted by Crippen LogP contribution is 2.53. The van der Waals surface area contributed by atoms with Crippen LogP contribution in [0.25, 0.3) is 0 Å². The van der Waals surface area contributed by atoms with Gasteiger partial charge in [-0.25, -0.2) is 0 Å². The van der Waals surface area contributed by atoms with Gasteiger partial charge in [-0.3, -0.25) is 0 Å². The second kappa shape index (κ2) is 3.13. The van der Waals surface area contributed by atoms with Crippen LogP contribution in [0.3, 0.4) is 0 Å². The van der Waals surface area contributed by atoms with E-state index in [0.717, 1.165) is 0 Å². The molecule has 5 heteroatoms. The van der Waals surface area contributed by atoms with E-state index in [2.05, 4.69) is 0 Å². The number of hydrogen-bond acceptors (Lipinski definition) is 5. The Morgan fingerprint density at radius 2 is 1.71 bits per heavy atom. The minimum absolute atomic E-state index is 0.00796. The SMILES string of the molecule is Oc1ccc2c(O)c1C1OC1COCC1OC21. The van der Waals surface area contributed by atoms with Gasteiger partial charge in [-0.15, -0.1) is 0 Å². The van der Waals surface area contributed by atoms with Crippen molar-refractivity contribution in [2.45, 2.75) is 24.4 Å². The van der Waals surface area contributed by atoms with Crippen LogP contribution in [-0.4, -0.2) is 35.6 Å². The van der Waals surface area contributed by atoms with Crippen molar-refractivity contribution in [3.8, 4) is 11.5 Å². The lowest BCUT2D eigenvalue weighted by Gasteiger charge is -2.10. The van der Waals surface area contributed by atoms with Crippen molar-refractivity contribution in [1.82, 2.24) is 0 Å². The fourth-order valence-electron chi connectivity index (χ4n) is 2.49. The molecule has 4 rings (SSSR count). The Labute approximate surface area is 97.5 Å². The Kier molecular flexibility index (Phi) is 1.79. The van der Waals surface area contributed by atoms with Crippen LogP contribution in [-0.2, 0) is 14.2 Å². The molecule has 2 bridgehead atoms. The quantitative estimate of drug-likeness (QED) is 0.657. The van der Waals surface area contributed by atoms with Crippen LogP contribution in [0.15, 0.2) is 12.1 Å². The lowest BCUT2D eigenvalue weighted by atomic mass is 10.00. The summed E-state index contributed by atoms with van der Waals surface area (Å²) in [6, 6.07) is 3.28. The van der Waals surface area contributed by atoms with Gasteiger partial charge in [-0.05, 0) is 12.1 Å². The van der Waals surface area contributed by atoms with Crippen LogP contribution in [0, 0.1) is 0 Å². The molecular weight excluding hydrogens is 224 g/mol. The molecule has 17 heavy (non-hydrogen) atoms. The summed E-state index contributed by atoms with van der Waals surface area (Å²) in [7, 11) is 0. The van der Waals surface area contributed by atoms with Crippen molar-refractivity contribution in [1.29, 1.82) is 0 Å². The number of rotatable bonds is 0. The molecule has 2 fully saturated rings. The zero-order chi connectivity index (χ0) is 11.6. The minimum Gasteiger partial charge on any atom is -0.507 e. The number of fused-ring (bicyclic) bond motifs is 6. The summed E-state index contributed by atoms with van der Waals surface area (Å²) in [5.41, 5.74) is 1.18. The highest BCUT2D eigenvalue weighted by molar-refractivity contribution is 5.53. The topological polar surface area (TPSA) is 74.8 Å². The zero-order valence-corrected chi connectivity index (χ0v) is 9.00. The van der Waals surface area contributed by atoms with Crippen LogP contribution >= 0.6 is 0 Å². The lowest BCUT2D eigenvalue weighted by Crippen LogP contribution is -2.10. The normalized spacial score (nSPS) is 37.9. The van der Waals surface area contributed by atoms with Gasteiger partial charge in [0.15, 0.2) is 0 Å². The van der Waals surface area contributed by atoms with E-state index in [0.29, 0.717) is 24.3 Å². The molecule has 1 aromatic rings. The summed E-state index contributed by atoms with van der Waals surface area (Å²) >= 11 is 0. The van der Waals surface area contributed by atoms with E-state index in [4.69, 9.17) is 14.2 Å². The Morgan fingerprint density at radius 1 is 1.00 bits per heavy atom. The summed E-state index contributed by atoms with van der Waals surface area (Å²) < 4.78 is 16.3. The van der Waals surface area contributed by atoms with Crippen LogP contribution < -0.4 is 0 Å². The van der Waals surface area contributed by atoms with Gasteiger partial charge in [0.1, 0.15) is 35.9 Å². The van der Waals surface area contributed by atoms with Crippen molar-refractivity contribution in [2.24, 2.45) is 0 Å². The van der Waals surface area contributed by atoms with Crippen LogP contribution in [0.5, 0.6) is 11.5 Å². The van der Waals surface area contributed by atoms with Crippen molar-refractivity contribution in [2.75, 3.05) is 13.2 Å². The van der Waals surface area contributed by atoms with Crippen molar-refractivity contribution >= 4 is 0 Å². The molecule has 3 aliphatic heterocycles. The zero-order valence-electron chi connectivity index (χ0n) is 9.00. The van der Waals surface area contributed by atoms with Crippen molar-refractivity contribution in [3.63, 3.8) is 0 Å². The third-order valence-electron chi connectivity index (χ3n) is 3.55. The third kappa shape index (κ3) is 1.36. The van der Waals surface area contributed by atoms with Gasteiger partial charge in [-0.2, -0.15) is 0 Å². The molecule has 2 N–H and O–H groups in total. The van der Waals surface area contributed by atoms with Gasteiger partial charge in [0.2, 0.25) is 0 Å². The van der Waals surface area contributed by atoms with Crippen molar-refractivity contribution < 1.29 is 24.4 Å². The Morgan fingerprint density at radius 3 is 2.53 bits per heavy atom. The first-order valence-electron chi connectivity index (χ1n) is 5.69. The standard InChI is InChI=1S/C12H12O5/c13-6-2-1-5-10(14)9(6)12-8(17-12)4-15-3-7-11(5)16-7/h1-2,7-8,11-14H,3-4H2. The molecule has 3 heterocycles. The Hall–Kier alpha value is -1.30. The number of ether oxygens (including phenoxy) is 3. The molecule has 4 unspecified atom stereocenters. The monoisotopic (exact) mass is 236 g/mol. The highest BCUT2D eigenvalue weighted by atomic mass is 16.6. The van der Waals surface area contributed by atoms with Gasteiger partial charge in [0.25, 0.3) is 0 Å². The summed E-state index contributed by atoms with van der Waals surface area (Å²) in [5, 5.41) is 20.0. The van der Waals surface area contributed by atoms with Gasteiger partial charge in [0, 0.05) is 5.56 Å². The Balaban J connectivity index is 1.84. The highest BCUT2D eigenvalue weighted by Gasteiger charge is 2.49. The number of phenolic OH excluding ortho intramolecular Hbond substituents is 2. The number of hydrogen-bond donors (Lipinski definition) is 2. The average molecular weight is 236 g/mol. The molecule has 1 aromatic carbocycles. The number of phenols is 2. The number of epoxide rings is 2. The molecule has 4 atom stereocenters. The molecular formula is C12H12O5. The van der Waals surface area contributed by atoms with Gasteiger partial charge in [-0.1, -0.05) is 0 Å². The maximum Gasteiger partial charge on any atom is 0.131 e. The predicted molar refractivity (Wildman–Crippen MR) is 55.8 cm³/mol. The van der Waals surface area contributed by atoms with Crippen LogP contribution in [0.4, 0.5) is 0 Å². The van der Waals surface area contributed by atoms with E-state index >= 15 is 0 Å². The summed E-state index contributed by atoms with van der Waals surface area (Å²) in [4.78, 5) is 0. The molecule has 3 aliphatic rings. The maximum absolute atomic E-state index is 10.2. The smallest absolute Gasteiger partial charge is 0.131 e. The van der Waals surface area contributed by atoms with Gasteiger partial charge in [0.05, 0.1) is 18.8 Å². The van der Waals surface area contributed by atoms with E-state index in [-0.39, 0.29) is 35.9 Å². The molecule has 0 saturated carbocycles. The van der Waals surface area contributed by atoms with E-state index in [9.17, 15) is 10.2 Å². The third-order valence-corrected chi connectivity index (χ3v) is 3.55. The van der Waals surface area contributed by atoms with E-state index in [1.807, 2.05) is 0 Å². The van der Waals surface area contributed by atoms with Crippen LogP contribution in [0.2, 0.25) is 0 Å². The maximum atomic E-state index is 10.2. The van der Waals surface area contributed by atoms with E-state index in [1.165, 1.54) is 0 Å². The first kappa shape index (κ1) is 9.70. The minimum atomic E-state index is -0.259. The van der Waals surface area contributed by atoms with Gasteiger partial charge < -0.3 is 24.4 Å². The average Bonchev–Trinajstić information content (AvgIpc) is 3.16. The van der Waals surface area contributed by atoms with E-state index < -0.39 is 0 Å². The number of aromatic hydroxyl groups is 2. The summed E-state index contributed by atoms with van der Waals surface area (Å²) in [6.07, 6.45) is -0.444. The predicted octanol–water partition coefficient (Wildman–Crippen LogP) is 1.01. The molecule has 0 amide bonds. The van der Waals surface area contributed by atoms with Gasteiger partial charge >= 0.3 is 0 Å². The molecule has 2 saturated heterocycles. The van der Waals surface area contributed by atoms with E-state index in [1.54, 1.807) is 12.1 Å².